The number of ether oxygens (including phenoxy) is 1. The van der Waals surface area contributed by atoms with E-state index in [0.29, 0.717) is 5.02 Å². The minimum atomic E-state index is -1.27. The van der Waals surface area contributed by atoms with Crippen LogP contribution in [0.4, 0.5) is 4.79 Å². The van der Waals surface area contributed by atoms with Gasteiger partial charge in [0.25, 0.3) is 0 Å². The van der Waals surface area contributed by atoms with Crippen molar-refractivity contribution in [3.8, 4) is 0 Å². The van der Waals surface area contributed by atoms with Gasteiger partial charge in [-0.05, 0) is 45.9 Å². The molecule has 0 aromatic heterocycles. The third kappa shape index (κ3) is 4.78. The van der Waals surface area contributed by atoms with Crippen molar-refractivity contribution in [2.75, 3.05) is 6.54 Å². The van der Waals surface area contributed by atoms with E-state index in [0.717, 1.165) is 4.90 Å². The topological polar surface area (TPSA) is 66.8 Å². The standard InChI is InChI=1S/C15H19Cl2NO4/c1-5-18(14(21)22-15(2,3)4)12(13(19)20)10-8-9(16)6-7-11(10)17/h6-8,12H,5H2,1-4H3,(H,19,20). The van der Waals surface area contributed by atoms with E-state index in [1.54, 1.807) is 33.8 Å². The molecule has 0 saturated heterocycles. The van der Waals surface area contributed by atoms with E-state index in [-0.39, 0.29) is 17.1 Å². The summed E-state index contributed by atoms with van der Waals surface area (Å²) >= 11 is 12.0. The van der Waals surface area contributed by atoms with Crippen molar-refractivity contribution in [3.63, 3.8) is 0 Å². The van der Waals surface area contributed by atoms with Gasteiger partial charge in [0.2, 0.25) is 0 Å². The molecule has 0 bridgehead atoms. The summed E-state index contributed by atoms with van der Waals surface area (Å²) in [5, 5.41) is 10.1. The van der Waals surface area contributed by atoms with Crippen LogP contribution in [0.1, 0.15) is 39.3 Å². The number of benzene rings is 1. The van der Waals surface area contributed by atoms with E-state index in [1.807, 2.05) is 0 Å². The Balaban J connectivity index is 3.25. The van der Waals surface area contributed by atoms with Gasteiger partial charge in [0.05, 0.1) is 0 Å². The van der Waals surface area contributed by atoms with Crippen LogP contribution in [-0.2, 0) is 9.53 Å². The normalized spacial score (nSPS) is 12.6. The lowest BCUT2D eigenvalue weighted by Gasteiger charge is -2.31. The molecule has 0 aliphatic carbocycles. The van der Waals surface area contributed by atoms with Crippen molar-refractivity contribution >= 4 is 35.3 Å². The predicted octanol–water partition coefficient (Wildman–Crippen LogP) is 4.38. The molecule has 0 spiro atoms. The Kier molecular flexibility index (Phi) is 6.08. The third-order valence-corrected chi connectivity index (χ3v) is 3.35. The van der Waals surface area contributed by atoms with Crippen LogP contribution in [0.5, 0.6) is 0 Å². The average molecular weight is 348 g/mol. The fourth-order valence-electron chi connectivity index (χ4n) is 1.90. The first kappa shape index (κ1) is 18.6. The second kappa shape index (κ2) is 7.20. The van der Waals surface area contributed by atoms with Gasteiger partial charge >= 0.3 is 12.1 Å². The summed E-state index contributed by atoms with van der Waals surface area (Å²) in [7, 11) is 0. The molecule has 22 heavy (non-hydrogen) atoms. The van der Waals surface area contributed by atoms with E-state index in [1.165, 1.54) is 12.1 Å². The number of carbonyl (C=O) groups excluding carboxylic acids is 1. The lowest BCUT2D eigenvalue weighted by Crippen LogP contribution is -2.42. The van der Waals surface area contributed by atoms with E-state index in [4.69, 9.17) is 27.9 Å². The number of nitrogens with zero attached hydrogens (tertiary/aromatic N) is 1. The SMILES string of the molecule is CCN(C(=O)OC(C)(C)C)C(C(=O)O)c1cc(Cl)ccc1Cl. The molecule has 1 unspecified atom stereocenters. The lowest BCUT2D eigenvalue weighted by molar-refractivity contribution is -0.143. The Morgan fingerprint density at radius 1 is 1.32 bits per heavy atom. The van der Waals surface area contributed by atoms with Gasteiger partial charge in [-0.2, -0.15) is 0 Å². The van der Waals surface area contributed by atoms with E-state index < -0.39 is 23.7 Å². The molecule has 1 rings (SSSR count). The number of carbonyl (C=O) groups is 2. The second-order valence-electron chi connectivity index (χ2n) is 5.67. The second-order valence-corrected chi connectivity index (χ2v) is 6.52. The van der Waals surface area contributed by atoms with E-state index in [2.05, 4.69) is 0 Å². The maximum Gasteiger partial charge on any atom is 0.411 e. The first-order valence-corrected chi connectivity index (χ1v) is 7.49. The molecule has 0 heterocycles. The molecule has 0 fully saturated rings. The van der Waals surface area contributed by atoms with Crippen molar-refractivity contribution in [1.29, 1.82) is 0 Å². The van der Waals surface area contributed by atoms with Gasteiger partial charge in [-0.1, -0.05) is 23.2 Å². The van der Waals surface area contributed by atoms with E-state index in [9.17, 15) is 14.7 Å². The maximum atomic E-state index is 12.3. The highest BCUT2D eigenvalue weighted by Gasteiger charge is 2.34. The smallest absolute Gasteiger partial charge is 0.411 e. The summed E-state index contributed by atoms with van der Waals surface area (Å²) in [6.45, 7) is 6.94. The number of carboxylic acid groups (broad SMARTS) is 1. The monoisotopic (exact) mass is 347 g/mol. The molecule has 0 aliphatic rings. The average Bonchev–Trinajstić information content (AvgIpc) is 2.36. The number of likely N-dealkylation sites (N-methyl/N-ethyl adjacent to an activating group) is 1. The van der Waals surface area contributed by atoms with Gasteiger partial charge in [-0.15, -0.1) is 0 Å². The summed E-state index contributed by atoms with van der Waals surface area (Å²) in [4.78, 5) is 25.1. The molecule has 1 atom stereocenters. The summed E-state index contributed by atoms with van der Waals surface area (Å²) < 4.78 is 5.26. The van der Waals surface area contributed by atoms with Gasteiger partial charge < -0.3 is 9.84 Å². The molecular formula is C15H19Cl2NO4. The van der Waals surface area contributed by atoms with Crippen LogP contribution in [0, 0.1) is 0 Å². The lowest BCUT2D eigenvalue weighted by atomic mass is 10.1. The molecule has 0 radical (unpaired) electrons. The zero-order valence-corrected chi connectivity index (χ0v) is 14.4. The molecule has 7 heteroatoms. The van der Waals surface area contributed by atoms with Crippen LogP contribution < -0.4 is 0 Å². The first-order valence-electron chi connectivity index (χ1n) is 6.74. The molecule has 1 N–H and O–H groups in total. The quantitative estimate of drug-likeness (QED) is 0.877. The first-order chi connectivity index (χ1) is 10.1. The summed E-state index contributed by atoms with van der Waals surface area (Å²) in [6, 6.07) is 3.22. The highest BCUT2D eigenvalue weighted by Crippen LogP contribution is 2.31. The Morgan fingerprint density at radius 3 is 2.36 bits per heavy atom. The zero-order chi connectivity index (χ0) is 17.1. The van der Waals surface area contributed by atoms with Gasteiger partial charge in [0.1, 0.15) is 5.60 Å². The van der Waals surface area contributed by atoms with Crippen molar-refractivity contribution in [2.45, 2.75) is 39.3 Å². The number of halogens is 2. The van der Waals surface area contributed by atoms with Crippen molar-refractivity contribution < 1.29 is 19.4 Å². The number of hydrogen-bond donors (Lipinski definition) is 1. The number of hydrogen-bond acceptors (Lipinski definition) is 3. The molecule has 1 amide bonds. The molecule has 122 valence electrons. The van der Waals surface area contributed by atoms with E-state index >= 15 is 0 Å². The number of rotatable bonds is 4. The number of amides is 1. The fraction of sp³-hybridized carbons (Fsp3) is 0.467. The molecule has 0 aliphatic heterocycles. The Hall–Kier alpha value is -1.46. The van der Waals surface area contributed by atoms with Crippen LogP contribution >= 0.6 is 23.2 Å². The zero-order valence-electron chi connectivity index (χ0n) is 12.9. The van der Waals surface area contributed by atoms with Gasteiger partial charge in [-0.25, -0.2) is 9.59 Å². The Labute approximate surface area is 139 Å². The van der Waals surface area contributed by atoms with Crippen molar-refractivity contribution in [2.24, 2.45) is 0 Å². The highest BCUT2D eigenvalue weighted by atomic mass is 35.5. The molecular weight excluding hydrogens is 329 g/mol. The number of carboxylic acids is 1. The minimum absolute atomic E-state index is 0.148. The Bertz CT molecular complexity index is 569. The summed E-state index contributed by atoms with van der Waals surface area (Å²) in [6.07, 6.45) is -0.724. The molecule has 0 saturated carbocycles. The van der Waals surface area contributed by atoms with Crippen LogP contribution in [0.15, 0.2) is 18.2 Å². The fourth-order valence-corrected chi connectivity index (χ4v) is 2.30. The summed E-state index contributed by atoms with van der Waals surface area (Å²) in [5.74, 6) is -1.21. The van der Waals surface area contributed by atoms with Crippen LogP contribution in [0.25, 0.3) is 0 Å². The van der Waals surface area contributed by atoms with Gasteiger partial charge in [0.15, 0.2) is 6.04 Å². The maximum absolute atomic E-state index is 12.3. The van der Waals surface area contributed by atoms with Gasteiger partial charge in [-0.3, -0.25) is 4.90 Å². The largest absolute Gasteiger partial charge is 0.479 e. The van der Waals surface area contributed by atoms with Crippen LogP contribution in [-0.4, -0.2) is 34.2 Å². The highest BCUT2D eigenvalue weighted by molar-refractivity contribution is 6.33. The van der Waals surface area contributed by atoms with Crippen LogP contribution in [0.3, 0.4) is 0 Å². The summed E-state index contributed by atoms with van der Waals surface area (Å²) in [5.41, 5.74) is -0.486. The van der Waals surface area contributed by atoms with Crippen molar-refractivity contribution in [3.05, 3.63) is 33.8 Å². The van der Waals surface area contributed by atoms with Crippen molar-refractivity contribution in [1.82, 2.24) is 4.90 Å². The molecule has 1 aromatic carbocycles. The minimum Gasteiger partial charge on any atom is -0.479 e. The third-order valence-electron chi connectivity index (χ3n) is 2.77. The predicted molar refractivity (Wildman–Crippen MR) is 85.5 cm³/mol. The van der Waals surface area contributed by atoms with Gasteiger partial charge in [0, 0.05) is 22.2 Å². The molecule has 1 aromatic rings. The number of aliphatic carboxylic acids is 1. The van der Waals surface area contributed by atoms with Crippen LogP contribution in [0.2, 0.25) is 10.0 Å². The Morgan fingerprint density at radius 2 is 1.91 bits per heavy atom. The molecule has 5 nitrogen and oxygen atoms in total.